The lowest BCUT2D eigenvalue weighted by atomic mass is 9.77. The highest BCUT2D eigenvalue weighted by Gasteiger charge is 2.30. The van der Waals surface area contributed by atoms with Crippen LogP contribution in [-0.2, 0) is 16.0 Å². The van der Waals surface area contributed by atoms with E-state index >= 15 is 0 Å². The summed E-state index contributed by atoms with van der Waals surface area (Å²) in [5.41, 5.74) is 10.9. The number of anilines is 1. The number of rotatable bonds is 14. The lowest BCUT2D eigenvalue weighted by molar-refractivity contribution is -0.129. The molecule has 50 heavy (non-hydrogen) atoms. The van der Waals surface area contributed by atoms with E-state index in [0.717, 1.165) is 67.6 Å². The Bertz CT molecular complexity index is 1690. The number of carbonyl (C=O) groups excluding carboxylic acids is 3. The first-order valence-electron chi connectivity index (χ1n) is 18.0. The molecule has 1 saturated heterocycles. The Morgan fingerprint density at radius 1 is 0.880 bits per heavy atom. The number of tetrazole rings is 1. The zero-order valence-electron chi connectivity index (χ0n) is 28.7. The van der Waals surface area contributed by atoms with Gasteiger partial charge in [0.1, 0.15) is 5.78 Å². The zero-order chi connectivity index (χ0) is 34.7. The summed E-state index contributed by atoms with van der Waals surface area (Å²) in [6, 6.07) is 23.0. The maximum atomic E-state index is 13.8. The van der Waals surface area contributed by atoms with Gasteiger partial charge in [-0.2, -0.15) is 5.21 Å². The minimum Gasteiger partial charge on any atom is -0.351 e. The van der Waals surface area contributed by atoms with Crippen LogP contribution in [0.4, 0.5) is 5.69 Å². The summed E-state index contributed by atoms with van der Waals surface area (Å²) in [6.45, 7) is 4.39. The number of benzene rings is 3. The van der Waals surface area contributed by atoms with Crippen molar-refractivity contribution >= 4 is 23.3 Å². The van der Waals surface area contributed by atoms with Crippen molar-refractivity contribution in [3.05, 3.63) is 83.9 Å². The fraction of sp³-hybridized carbons (Fsp3) is 0.436. The largest absolute Gasteiger partial charge is 0.351 e. The molecule has 1 aliphatic heterocycles. The van der Waals surface area contributed by atoms with Crippen LogP contribution >= 0.6 is 0 Å². The van der Waals surface area contributed by atoms with E-state index in [4.69, 9.17) is 5.73 Å². The molecule has 2 heterocycles. The van der Waals surface area contributed by atoms with E-state index in [0.29, 0.717) is 42.5 Å². The van der Waals surface area contributed by atoms with Crippen LogP contribution in [0.1, 0.15) is 67.3 Å². The molecule has 6 rings (SSSR count). The van der Waals surface area contributed by atoms with Crippen molar-refractivity contribution < 1.29 is 14.4 Å². The highest BCUT2D eigenvalue weighted by atomic mass is 16.2. The lowest BCUT2D eigenvalue weighted by Gasteiger charge is -2.27. The quantitative estimate of drug-likeness (QED) is 0.141. The van der Waals surface area contributed by atoms with E-state index < -0.39 is 5.92 Å². The molecule has 0 bridgehead atoms. The van der Waals surface area contributed by atoms with E-state index in [-0.39, 0.29) is 29.9 Å². The van der Waals surface area contributed by atoms with Crippen molar-refractivity contribution in [1.82, 2.24) is 30.8 Å². The summed E-state index contributed by atoms with van der Waals surface area (Å²) >= 11 is 0. The van der Waals surface area contributed by atoms with Gasteiger partial charge in [-0.05, 0) is 129 Å². The van der Waals surface area contributed by atoms with Gasteiger partial charge >= 0.3 is 0 Å². The maximum Gasteiger partial charge on any atom is 0.251 e. The second kappa shape index (κ2) is 17.3. The van der Waals surface area contributed by atoms with Gasteiger partial charge in [0, 0.05) is 48.2 Å². The molecule has 0 radical (unpaired) electrons. The van der Waals surface area contributed by atoms with Crippen molar-refractivity contribution in [3.63, 3.8) is 0 Å². The standard InChI is InChI=1S/C39H48N8O3/c40-26-27-7-9-30(10-8-27)36(48)25-34(39(50)42-35-17-15-31(16-18-35)37-43-45-46-44-37)24-28-5-4-6-33(23-28)29-11-13-32(14-12-29)38(49)41-19-22-47-20-2-1-3-21-47/h4-6,11-18,23,27,30,34H,1-3,7-10,19-22,24-26,40H2,(H,41,49)(H,42,50)(H,43,44,45,46)/t27?,30?,34-/m1/s1. The smallest absolute Gasteiger partial charge is 0.251 e. The third kappa shape index (κ3) is 9.48. The molecule has 0 spiro atoms. The minimum atomic E-state index is -0.544. The van der Waals surface area contributed by atoms with Crippen LogP contribution in [-0.4, -0.2) is 75.8 Å². The first-order chi connectivity index (χ1) is 24.4. The Hall–Kier alpha value is -4.74. The number of nitrogens with one attached hydrogen (secondary N) is 3. The van der Waals surface area contributed by atoms with Crippen molar-refractivity contribution in [2.24, 2.45) is 23.5 Å². The van der Waals surface area contributed by atoms with Gasteiger partial charge < -0.3 is 21.3 Å². The fourth-order valence-corrected chi connectivity index (χ4v) is 7.21. The van der Waals surface area contributed by atoms with E-state index in [1.807, 2.05) is 54.6 Å². The number of amides is 2. The summed E-state index contributed by atoms with van der Waals surface area (Å²) in [4.78, 5) is 42.6. The van der Waals surface area contributed by atoms with Crippen LogP contribution in [0.3, 0.4) is 0 Å². The molecule has 1 aromatic heterocycles. The summed E-state index contributed by atoms with van der Waals surface area (Å²) in [5, 5.41) is 20.2. The van der Waals surface area contributed by atoms with Gasteiger partial charge in [-0.25, -0.2) is 0 Å². The van der Waals surface area contributed by atoms with Gasteiger partial charge in [-0.3, -0.25) is 14.4 Å². The Balaban J connectivity index is 1.11. The zero-order valence-corrected chi connectivity index (χ0v) is 28.7. The number of ketones is 1. The monoisotopic (exact) mass is 676 g/mol. The first kappa shape index (κ1) is 35.1. The fourth-order valence-electron chi connectivity index (χ4n) is 7.21. The number of piperidine rings is 1. The molecule has 2 fully saturated rings. The Kier molecular flexibility index (Phi) is 12.1. The number of likely N-dealkylation sites (tertiary alicyclic amines) is 1. The van der Waals surface area contributed by atoms with E-state index in [2.05, 4.69) is 42.2 Å². The summed E-state index contributed by atoms with van der Waals surface area (Å²) in [5.74, 6) is 0.256. The molecular formula is C39H48N8O3. The number of hydrogen-bond acceptors (Lipinski definition) is 8. The average Bonchev–Trinajstić information content (AvgIpc) is 3.71. The van der Waals surface area contributed by atoms with Gasteiger partial charge in [0.2, 0.25) is 11.7 Å². The SMILES string of the molecule is NCC1CCC(C(=O)C[C@@H](Cc2cccc(-c3ccc(C(=O)NCCN4CCCCC4)cc3)c2)C(=O)Nc2ccc(-c3nn[nH]n3)cc2)CC1. The number of nitrogens with two attached hydrogens (primary N) is 1. The maximum absolute atomic E-state index is 13.8. The molecule has 262 valence electrons. The van der Waals surface area contributed by atoms with Gasteiger partial charge in [0.15, 0.2) is 0 Å². The van der Waals surface area contributed by atoms with E-state index in [9.17, 15) is 14.4 Å². The topological polar surface area (TPSA) is 159 Å². The predicted octanol–water partition coefficient (Wildman–Crippen LogP) is 5.27. The second-order valence-electron chi connectivity index (χ2n) is 13.8. The Morgan fingerprint density at radius 3 is 2.32 bits per heavy atom. The Labute approximate surface area is 293 Å². The summed E-state index contributed by atoms with van der Waals surface area (Å²) in [6.07, 6.45) is 7.93. The number of Topliss-reactive ketones (excluding diaryl/α,β-unsaturated/α-hetero) is 1. The molecule has 3 aromatic carbocycles. The van der Waals surface area contributed by atoms with Gasteiger partial charge in [0.25, 0.3) is 5.91 Å². The summed E-state index contributed by atoms with van der Waals surface area (Å²) in [7, 11) is 0. The third-order valence-electron chi connectivity index (χ3n) is 10.3. The Morgan fingerprint density at radius 2 is 1.62 bits per heavy atom. The molecule has 11 heteroatoms. The molecular weight excluding hydrogens is 628 g/mol. The predicted molar refractivity (Wildman–Crippen MR) is 194 cm³/mol. The van der Waals surface area contributed by atoms with Crippen LogP contribution in [0.2, 0.25) is 0 Å². The number of aromatic nitrogens is 4. The lowest BCUT2D eigenvalue weighted by Crippen LogP contribution is -2.37. The van der Waals surface area contributed by atoms with Crippen molar-refractivity contribution in [2.45, 2.75) is 57.8 Å². The normalized spacial score (nSPS) is 18.7. The number of aromatic amines is 1. The molecule has 2 amide bonds. The van der Waals surface area contributed by atoms with Gasteiger partial charge in [-0.15, -0.1) is 10.2 Å². The molecule has 4 aromatic rings. The highest BCUT2D eigenvalue weighted by Crippen LogP contribution is 2.31. The molecule has 11 nitrogen and oxygen atoms in total. The first-order valence-corrected chi connectivity index (χ1v) is 18.0. The van der Waals surface area contributed by atoms with Crippen molar-refractivity contribution in [2.75, 3.05) is 38.0 Å². The van der Waals surface area contributed by atoms with Crippen LogP contribution < -0.4 is 16.4 Å². The molecule has 2 aliphatic rings. The number of H-pyrrole nitrogens is 1. The molecule has 1 atom stereocenters. The molecule has 0 unspecified atom stereocenters. The van der Waals surface area contributed by atoms with Gasteiger partial charge in [0.05, 0.1) is 0 Å². The van der Waals surface area contributed by atoms with Gasteiger partial charge in [-0.1, -0.05) is 42.8 Å². The summed E-state index contributed by atoms with van der Waals surface area (Å²) < 4.78 is 0. The van der Waals surface area contributed by atoms with Crippen LogP contribution in [0.25, 0.3) is 22.5 Å². The molecule has 5 N–H and O–H groups in total. The van der Waals surface area contributed by atoms with E-state index in [1.165, 1.54) is 19.3 Å². The highest BCUT2D eigenvalue weighted by molar-refractivity contribution is 5.96. The van der Waals surface area contributed by atoms with Crippen LogP contribution in [0.15, 0.2) is 72.8 Å². The number of nitrogens with zero attached hydrogens (tertiary/aromatic N) is 4. The van der Waals surface area contributed by atoms with Crippen LogP contribution in [0.5, 0.6) is 0 Å². The number of carbonyl (C=O) groups is 3. The minimum absolute atomic E-state index is 0.0332. The third-order valence-corrected chi connectivity index (χ3v) is 10.3. The van der Waals surface area contributed by atoms with E-state index in [1.54, 1.807) is 12.1 Å². The molecule has 1 aliphatic carbocycles. The number of hydrogen-bond donors (Lipinski definition) is 4. The molecule has 1 saturated carbocycles. The van der Waals surface area contributed by atoms with Crippen LogP contribution in [0, 0.1) is 17.8 Å². The second-order valence-corrected chi connectivity index (χ2v) is 13.8. The average molecular weight is 677 g/mol. The van der Waals surface area contributed by atoms with Crippen molar-refractivity contribution in [1.29, 1.82) is 0 Å². The van der Waals surface area contributed by atoms with Crippen molar-refractivity contribution in [3.8, 4) is 22.5 Å².